The summed E-state index contributed by atoms with van der Waals surface area (Å²) in [5.41, 5.74) is 1.74. The van der Waals surface area contributed by atoms with E-state index in [4.69, 9.17) is 14.2 Å². The molecule has 0 bridgehead atoms. The van der Waals surface area contributed by atoms with Crippen molar-refractivity contribution in [1.29, 1.82) is 0 Å². The van der Waals surface area contributed by atoms with Crippen LogP contribution in [0, 0.1) is 0 Å². The highest BCUT2D eigenvalue weighted by Gasteiger charge is 2.21. The number of benzene rings is 1. The number of hydrogen-bond acceptors (Lipinski definition) is 5. The molecule has 0 aromatic heterocycles. The van der Waals surface area contributed by atoms with Crippen molar-refractivity contribution in [3.63, 3.8) is 0 Å². The Morgan fingerprint density at radius 3 is 3.04 bits per heavy atom. The van der Waals surface area contributed by atoms with Gasteiger partial charge < -0.3 is 24.2 Å². The predicted octanol–water partition coefficient (Wildman–Crippen LogP) is 1.49. The number of ether oxygens (including phenoxy) is 3. The lowest BCUT2D eigenvalue weighted by Crippen LogP contribution is -2.36. The van der Waals surface area contributed by atoms with E-state index in [-0.39, 0.29) is 25.2 Å². The Morgan fingerprint density at radius 2 is 2.25 bits per heavy atom. The maximum Gasteiger partial charge on any atom is 0.248 e. The number of aliphatic hydroxyl groups excluding tert-OH is 1. The zero-order valence-corrected chi connectivity index (χ0v) is 13.9. The van der Waals surface area contributed by atoms with E-state index in [1.54, 1.807) is 4.90 Å². The SMILES string of the molecule is O=C(COC[C@@H]1CCCCO1)N1CCOc2ccc(CO)cc2C1. The lowest BCUT2D eigenvalue weighted by Gasteiger charge is -2.23. The minimum atomic E-state index is -0.0448. The summed E-state index contributed by atoms with van der Waals surface area (Å²) in [4.78, 5) is 14.2. The molecular formula is C18H25NO5. The van der Waals surface area contributed by atoms with Gasteiger partial charge in [0.15, 0.2) is 0 Å². The van der Waals surface area contributed by atoms with Crippen LogP contribution < -0.4 is 4.74 Å². The summed E-state index contributed by atoms with van der Waals surface area (Å²) < 4.78 is 16.9. The van der Waals surface area contributed by atoms with Gasteiger partial charge in [-0.3, -0.25) is 4.79 Å². The molecule has 1 amide bonds. The molecular weight excluding hydrogens is 310 g/mol. The summed E-state index contributed by atoms with van der Waals surface area (Å²) in [7, 11) is 0. The van der Waals surface area contributed by atoms with Gasteiger partial charge in [-0.25, -0.2) is 0 Å². The maximum absolute atomic E-state index is 12.4. The van der Waals surface area contributed by atoms with Crippen LogP contribution in [0.25, 0.3) is 0 Å². The Bertz CT molecular complexity index is 556. The fraction of sp³-hybridized carbons (Fsp3) is 0.611. The number of aliphatic hydroxyl groups is 1. The van der Waals surface area contributed by atoms with E-state index in [1.165, 1.54) is 0 Å². The lowest BCUT2D eigenvalue weighted by atomic mass is 10.1. The van der Waals surface area contributed by atoms with E-state index >= 15 is 0 Å². The Labute approximate surface area is 142 Å². The second-order valence-electron chi connectivity index (χ2n) is 6.27. The van der Waals surface area contributed by atoms with Crippen LogP contribution in [0.5, 0.6) is 5.75 Å². The predicted molar refractivity (Wildman–Crippen MR) is 87.7 cm³/mol. The van der Waals surface area contributed by atoms with E-state index in [1.807, 2.05) is 18.2 Å². The van der Waals surface area contributed by atoms with Crippen molar-refractivity contribution in [1.82, 2.24) is 4.90 Å². The topological polar surface area (TPSA) is 68.2 Å². The Balaban J connectivity index is 1.52. The highest BCUT2D eigenvalue weighted by atomic mass is 16.5. The minimum absolute atomic E-state index is 0.0221. The zero-order chi connectivity index (χ0) is 16.8. The standard InChI is InChI=1S/C18H25NO5/c20-11-14-4-5-17-15(9-14)10-19(6-8-24-17)18(21)13-22-12-16-3-1-2-7-23-16/h4-5,9,16,20H,1-3,6-8,10-13H2/t16-/m0/s1. The van der Waals surface area contributed by atoms with Crippen LogP contribution in [0.2, 0.25) is 0 Å². The summed E-state index contributed by atoms with van der Waals surface area (Å²) in [6.45, 7) is 2.77. The van der Waals surface area contributed by atoms with Gasteiger partial charge in [-0.2, -0.15) is 0 Å². The molecule has 0 aliphatic carbocycles. The first-order chi connectivity index (χ1) is 11.8. The van der Waals surface area contributed by atoms with Crippen LogP contribution in [0.3, 0.4) is 0 Å². The normalized spacial score (nSPS) is 20.9. The van der Waals surface area contributed by atoms with E-state index < -0.39 is 0 Å². The summed E-state index contributed by atoms with van der Waals surface area (Å²) in [5, 5.41) is 9.27. The van der Waals surface area contributed by atoms with Crippen LogP contribution in [0.1, 0.15) is 30.4 Å². The number of carbonyl (C=O) groups is 1. The van der Waals surface area contributed by atoms with Crippen molar-refractivity contribution < 1.29 is 24.1 Å². The molecule has 24 heavy (non-hydrogen) atoms. The molecule has 1 N–H and O–H groups in total. The first-order valence-corrected chi connectivity index (χ1v) is 8.59. The first-order valence-electron chi connectivity index (χ1n) is 8.59. The molecule has 0 unspecified atom stereocenters. The number of carbonyl (C=O) groups excluding carboxylic acids is 1. The summed E-state index contributed by atoms with van der Waals surface area (Å²) in [5.74, 6) is 0.732. The fourth-order valence-electron chi connectivity index (χ4n) is 3.07. The largest absolute Gasteiger partial charge is 0.491 e. The van der Waals surface area contributed by atoms with Crippen LogP contribution in [-0.4, -0.2) is 55.0 Å². The highest BCUT2D eigenvalue weighted by Crippen LogP contribution is 2.24. The molecule has 1 fully saturated rings. The van der Waals surface area contributed by atoms with Crippen LogP contribution in [0.4, 0.5) is 0 Å². The van der Waals surface area contributed by atoms with Gasteiger partial charge in [-0.15, -0.1) is 0 Å². The van der Waals surface area contributed by atoms with E-state index in [0.717, 1.165) is 42.7 Å². The van der Waals surface area contributed by atoms with Crippen molar-refractivity contribution in [3.05, 3.63) is 29.3 Å². The second kappa shape index (κ2) is 8.46. The Kier molecular flexibility index (Phi) is 6.07. The third-order valence-electron chi connectivity index (χ3n) is 4.44. The molecule has 2 aliphatic rings. The van der Waals surface area contributed by atoms with Crippen molar-refractivity contribution in [2.24, 2.45) is 0 Å². The van der Waals surface area contributed by atoms with Gasteiger partial charge in [0.1, 0.15) is 19.0 Å². The van der Waals surface area contributed by atoms with Gasteiger partial charge in [0.2, 0.25) is 5.91 Å². The van der Waals surface area contributed by atoms with Gasteiger partial charge in [0.05, 0.1) is 25.9 Å². The molecule has 1 atom stereocenters. The molecule has 3 rings (SSSR count). The lowest BCUT2D eigenvalue weighted by molar-refractivity contribution is -0.139. The molecule has 6 nitrogen and oxygen atoms in total. The smallest absolute Gasteiger partial charge is 0.248 e. The third-order valence-corrected chi connectivity index (χ3v) is 4.44. The van der Waals surface area contributed by atoms with Gasteiger partial charge in [-0.1, -0.05) is 6.07 Å². The molecule has 2 aliphatic heterocycles. The first kappa shape index (κ1) is 17.2. The summed E-state index contributed by atoms with van der Waals surface area (Å²) in [6, 6.07) is 5.58. The third kappa shape index (κ3) is 4.47. The average molecular weight is 335 g/mol. The van der Waals surface area contributed by atoms with E-state index in [9.17, 15) is 9.90 Å². The summed E-state index contributed by atoms with van der Waals surface area (Å²) >= 11 is 0. The van der Waals surface area contributed by atoms with Crippen LogP contribution in [-0.2, 0) is 27.4 Å². The number of amides is 1. The molecule has 6 heteroatoms. The number of rotatable bonds is 5. The Morgan fingerprint density at radius 1 is 1.33 bits per heavy atom. The number of fused-ring (bicyclic) bond motifs is 1. The van der Waals surface area contributed by atoms with Crippen LogP contribution in [0.15, 0.2) is 18.2 Å². The van der Waals surface area contributed by atoms with E-state index in [2.05, 4.69) is 0 Å². The quantitative estimate of drug-likeness (QED) is 0.883. The van der Waals surface area contributed by atoms with Crippen LogP contribution >= 0.6 is 0 Å². The molecule has 1 aromatic rings. The maximum atomic E-state index is 12.4. The van der Waals surface area contributed by atoms with Crippen molar-refractivity contribution in [2.45, 2.75) is 38.5 Å². The fourth-order valence-corrected chi connectivity index (χ4v) is 3.07. The Hall–Kier alpha value is -1.63. The van der Waals surface area contributed by atoms with Crippen molar-refractivity contribution in [2.75, 3.05) is 33.0 Å². The summed E-state index contributed by atoms with van der Waals surface area (Å²) in [6.07, 6.45) is 3.39. The molecule has 0 radical (unpaired) electrons. The molecule has 2 heterocycles. The molecule has 1 saturated heterocycles. The van der Waals surface area contributed by atoms with Gasteiger partial charge >= 0.3 is 0 Å². The highest BCUT2D eigenvalue weighted by molar-refractivity contribution is 5.77. The zero-order valence-electron chi connectivity index (χ0n) is 13.9. The molecule has 0 saturated carbocycles. The monoisotopic (exact) mass is 335 g/mol. The van der Waals surface area contributed by atoms with Gasteiger partial charge in [0, 0.05) is 18.7 Å². The number of nitrogens with zero attached hydrogens (tertiary/aromatic N) is 1. The molecule has 1 aromatic carbocycles. The average Bonchev–Trinajstić information content (AvgIpc) is 2.84. The van der Waals surface area contributed by atoms with Crippen molar-refractivity contribution >= 4 is 5.91 Å². The van der Waals surface area contributed by atoms with Gasteiger partial charge in [-0.05, 0) is 37.0 Å². The van der Waals surface area contributed by atoms with Gasteiger partial charge in [0.25, 0.3) is 0 Å². The molecule has 132 valence electrons. The molecule has 0 spiro atoms. The van der Waals surface area contributed by atoms with E-state index in [0.29, 0.717) is 26.3 Å². The second-order valence-corrected chi connectivity index (χ2v) is 6.27. The van der Waals surface area contributed by atoms with Crippen molar-refractivity contribution in [3.8, 4) is 5.75 Å². The number of hydrogen-bond donors (Lipinski definition) is 1. The minimum Gasteiger partial charge on any atom is -0.491 e.